The molecule has 1 heterocycles. The van der Waals surface area contributed by atoms with Crippen molar-refractivity contribution >= 4 is 14.3 Å². The quantitative estimate of drug-likeness (QED) is 0.505. The highest BCUT2D eigenvalue weighted by Crippen LogP contribution is 2.14. The van der Waals surface area contributed by atoms with Crippen molar-refractivity contribution in [1.82, 2.24) is 4.90 Å². The second kappa shape index (κ2) is 17.7. The Labute approximate surface area is 111 Å². The molecule has 1 aliphatic rings. The maximum absolute atomic E-state index is 11.0. The fourth-order valence-electron chi connectivity index (χ4n) is 1.26. The molecule has 0 aromatic carbocycles. The molecule has 3 radical (unpaired) electrons. The molecule has 1 atom stereocenters. The van der Waals surface area contributed by atoms with Gasteiger partial charge in [-0.2, -0.15) is 0 Å². The molecule has 0 aliphatic carbocycles. The van der Waals surface area contributed by atoms with Crippen molar-refractivity contribution in [3.05, 3.63) is 12.7 Å². The Bertz CT molecular complexity index is 172. The zero-order chi connectivity index (χ0) is 12.3. The van der Waals surface area contributed by atoms with Gasteiger partial charge in [-0.25, -0.2) is 0 Å². The van der Waals surface area contributed by atoms with Crippen LogP contribution in [0.1, 0.15) is 54.9 Å². The monoisotopic (exact) mass is 240 g/mol. The Kier molecular flexibility index (Phi) is 26.2. The Morgan fingerprint density at radius 1 is 1.41 bits per heavy atom. The minimum atomic E-state index is 0. The van der Waals surface area contributed by atoms with Gasteiger partial charge in [0.05, 0.1) is 0 Å². The summed E-state index contributed by atoms with van der Waals surface area (Å²) in [5, 5.41) is 0. The van der Waals surface area contributed by atoms with Crippen molar-refractivity contribution < 1.29 is 4.79 Å². The molecule has 0 spiro atoms. The summed E-state index contributed by atoms with van der Waals surface area (Å²) < 4.78 is 0. The molecule has 0 bridgehead atoms. The van der Waals surface area contributed by atoms with Gasteiger partial charge in [0, 0.05) is 21.5 Å². The van der Waals surface area contributed by atoms with Crippen molar-refractivity contribution in [3.8, 4) is 0 Å². The van der Waals surface area contributed by atoms with E-state index in [0.29, 0.717) is 5.92 Å². The molecule has 0 saturated carbocycles. The van der Waals surface area contributed by atoms with E-state index in [1.54, 1.807) is 0 Å². The molecule has 17 heavy (non-hydrogen) atoms. The molecular formula is C14H31BNO. The van der Waals surface area contributed by atoms with Crippen LogP contribution in [0.15, 0.2) is 12.7 Å². The Hall–Kier alpha value is -0.725. The molecule has 101 valence electrons. The van der Waals surface area contributed by atoms with Crippen LogP contribution in [0, 0.1) is 5.92 Å². The van der Waals surface area contributed by atoms with E-state index in [1.165, 1.54) is 12.5 Å². The summed E-state index contributed by atoms with van der Waals surface area (Å²) in [5.41, 5.74) is 0. The second-order valence-electron chi connectivity index (χ2n) is 3.59. The first-order chi connectivity index (χ1) is 7.15. The minimum Gasteiger partial charge on any atom is -0.339 e. The standard InChI is InChI=1S/C8H13NO.C3H8.C2H6.CH4.B/c1-3-8(10)9-5-4-7(2)6-9;1-3-2;1-2;;/h3,7H,1,4-6H2,2H3;3H2,1-2H3;1-2H3;1H4;. The highest BCUT2D eigenvalue weighted by atomic mass is 16.2. The SMILES string of the molecule is C.C=CC(=O)N1CCC(C)C1.CC.CCC.[B]. The van der Waals surface area contributed by atoms with Crippen molar-refractivity contribution in [3.63, 3.8) is 0 Å². The first-order valence-corrected chi connectivity index (χ1v) is 6.07. The summed E-state index contributed by atoms with van der Waals surface area (Å²) in [6.07, 6.45) is 3.78. The minimum absolute atomic E-state index is 0. The number of carbonyl (C=O) groups excluding carboxylic acids is 1. The van der Waals surface area contributed by atoms with E-state index in [-0.39, 0.29) is 21.7 Å². The molecule has 0 aromatic rings. The fourth-order valence-corrected chi connectivity index (χ4v) is 1.26. The van der Waals surface area contributed by atoms with Gasteiger partial charge in [-0.1, -0.05) is 55.0 Å². The summed E-state index contributed by atoms with van der Waals surface area (Å²) in [6, 6.07) is 0. The van der Waals surface area contributed by atoms with Gasteiger partial charge in [0.15, 0.2) is 0 Å². The molecule has 3 heteroatoms. The zero-order valence-electron chi connectivity index (χ0n) is 11.6. The molecule has 1 saturated heterocycles. The van der Waals surface area contributed by atoms with Crippen LogP contribution in [0.25, 0.3) is 0 Å². The third kappa shape index (κ3) is 13.2. The lowest BCUT2D eigenvalue weighted by Gasteiger charge is -2.11. The third-order valence-corrected chi connectivity index (χ3v) is 1.91. The molecule has 1 amide bonds. The normalized spacial score (nSPS) is 16.1. The summed E-state index contributed by atoms with van der Waals surface area (Å²) in [7, 11) is 0. The number of hydrogen-bond donors (Lipinski definition) is 0. The first kappa shape index (κ1) is 25.2. The van der Waals surface area contributed by atoms with E-state index in [9.17, 15) is 4.79 Å². The van der Waals surface area contributed by atoms with Gasteiger partial charge in [0.1, 0.15) is 0 Å². The lowest BCUT2D eigenvalue weighted by molar-refractivity contribution is -0.125. The molecule has 1 unspecified atom stereocenters. The van der Waals surface area contributed by atoms with Gasteiger partial charge in [0.2, 0.25) is 5.91 Å². The molecule has 1 aliphatic heterocycles. The number of carbonyl (C=O) groups is 1. The predicted molar refractivity (Wildman–Crippen MR) is 80.4 cm³/mol. The average molecular weight is 240 g/mol. The van der Waals surface area contributed by atoms with Crippen molar-refractivity contribution in [2.75, 3.05) is 13.1 Å². The highest BCUT2D eigenvalue weighted by molar-refractivity contribution is 5.87. The van der Waals surface area contributed by atoms with Gasteiger partial charge in [-0.3, -0.25) is 4.79 Å². The molecule has 1 rings (SSSR count). The summed E-state index contributed by atoms with van der Waals surface area (Å²) >= 11 is 0. The van der Waals surface area contributed by atoms with E-state index < -0.39 is 0 Å². The van der Waals surface area contributed by atoms with Crippen LogP contribution in [0.4, 0.5) is 0 Å². The maximum atomic E-state index is 11.0. The second-order valence-corrected chi connectivity index (χ2v) is 3.59. The van der Waals surface area contributed by atoms with E-state index in [0.717, 1.165) is 19.5 Å². The molecule has 1 fully saturated rings. The molecule has 0 N–H and O–H groups in total. The van der Waals surface area contributed by atoms with Crippen LogP contribution >= 0.6 is 0 Å². The van der Waals surface area contributed by atoms with Crippen molar-refractivity contribution in [2.45, 2.75) is 54.9 Å². The van der Waals surface area contributed by atoms with E-state index in [1.807, 2.05) is 18.7 Å². The zero-order valence-corrected chi connectivity index (χ0v) is 11.6. The van der Waals surface area contributed by atoms with Crippen LogP contribution in [-0.4, -0.2) is 32.3 Å². The van der Waals surface area contributed by atoms with Crippen LogP contribution in [-0.2, 0) is 4.79 Å². The van der Waals surface area contributed by atoms with Crippen molar-refractivity contribution in [2.24, 2.45) is 5.92 Å². The van der Waals surface area contributed by atoms with Crippen LogP contribution < -0.4 is 0 Å². The Morgan fingerprint density at radius 3 is 2.06 bits per heavy atom. The van der Waals surface area contributed by atoms with Crippen LogP contribution in [0.2, 0.25) is 0 Å². The fraction of sp³-hybridized carbons (Fsp3) is 0.786. The molecular weight excluding hydrogens is 209 g/mol. The van der Waals surface area contributed by atoms with E-state index in [2.05, 4.69) is 27.4 Å². The van der Waals surface area contributed by atoms with E-state index in [4.69, 9.17) is 0 Å². The molecule has 0 aromatic heterocycles. The lowest BCUT2D eigenvalue weighted by Crippen LogP contribution is -2.26. The maximum Gasteiger partial charge on any atom is 0.245 e. The summed E-state index contributed by atoms with van der Waals surface area (Å²) in [6.45, 7) is 15.7. The Morgan fingerprint density at radius 2 is 1.82 bits per heavy atom. The van der Waals surface area contributed by atoms with Crippen molar-refractivity contribution in [1.29, 1.82) is 0 Å². The number of rotatable bonds is 1. The summed E-state index contributed by atoms with van der Waals surface area (Å²) in [4.78, 5) is 12.8. The predicted octanol–water partition coefficient (Wildman–Crippen LogP) is 3.74. The smallest absolute Gasteiger partial charge is 0.245 e. The van der Waals surface area contributed by atoms with Gasteiger partial charge >= 0.3 is 0 Å². The average Bonchev–Trinajstić information content (AvgIpc) is 2.68. The van der Waals surface area contributed by atoms with Gasteiger partial charge in [0.25, 0.3) is 0 Å². The summed E-state index contributed by atoms with van der Waals surface area (Å²) in [5.74, 6) is 0.744. The lowest BCUT2D eigenvalue weighted by atomic mass is 10.2. The van der Waals surface area contributed by atoms with E-state index >= 15 is 0 Å². The Balaban J connectivity index is -0.000000106. The van der Waals surface area contributed by atoms with Gasteiger partial charge < -0.3 is 4.90 Å². The third-order valence-electron chi connectivity index (χ3n) is 1.91. The number of hydrogen-bond acceptors (Lipinski definition) is 1. The van der Waals surface area contributed by atoms with Gasteiger partial charge in [-0.15, -0.1) is 0 Å². The highest BCUT2D eigenvalue weighted by Gasteiger charge is 2.20. The van der Waals surface area contributed by atoms with Crippen LogP contribution in [0.3, 0.4) is 0 Å². The number of amides is 1. The first-order valence-electron chi connectivity index (χ1n) is 6.07. The number of nitrogens with zero attached hydrogens (tertiary/aromatic N) is 1. The largest absolute Gasteiger partial charge is 0.339 e. The molecule has 2 nitrogen and oxygen atoms in total. The van der Waals surface area contributed by atoms with Crippen LogP contribution in [0.5, 0.6) is 0 Å². The topological polar surface area (TPSA) is 20.3 Å². The van der Waals surface area contributed by atoms with Gasteiger partial charge in [-0.05, 0) is 18.4 Å². The number of likely N-dealkylation sites (tertiary alicyclic amines) is 1.